The minimum atomic E-state index is -0.522. The Bertz CT molecular complexity index is 1420. The summed E-state index contributed by atoms with van der Waals surface area (Å²) in [5.74, 6) is -0.737. The highest BCUT2D eigenvalue weighted by atomic mass is 16.2. The van der Waals surface area contributed by atoms with Crippen molar-refractivity contribution in [1.82, 2.24) is 9.55 Å². The van der Waals surface area contributed by atoms with E-state index in [4.69, 9.17) is 0 Å². The van der Waals surface area contributed by atoms with Crippen LogP contribution in [0.1, 0.15) is 21.6 Å². The van der Waals surface area contributed by atoms with E-state index in [1.807, 2.05) is 30.3 Å². The lowest BCUT2D eigenvalue weighted by atomic mass is 10.1. The Morgan fingerprint density at radius 2 is 1.78 bits per heavy atom. The summed E-state index contributed by atoms with van der Waals surface area (Å²) < 4.78 is 1.43. The smallest absolute Gasteiger partial charge is 0.267 e. The predicted molar refractivity (Wildman–Crippen MR) is 124 cm³/mol. The Balaban J connectivity index is 1.42. The summed E-state index contributed by atoms with van der Waals surface area (Å²) in [4.78, 5) is 41.1. The predicted octanol–water partition coefficient (Wildman–Crippen LogP) is 3.91. The molecule has 0 saturated carbocycles. The number of nitrogens with one attached hydrogen (secondary N) is 3. The van der Waals surface area contributed by atoms with Crippen molar-refractivity contribution in [2.45, 2.75) is 0 Å². The van der Waals surface area contributed by atoms with Crippen molar-refractivity contribution in [1.29, 1.82) is 0 Å². The summed E-state index contributed by atoms with van der Waals surface area (Å²) in [6.07, 6.45) is 5.18. The third-order valence-electron chi connectivity index (χ3n) is 5.21. The van der Waals surface area contributed by atoms with Crippen molar-refractivity contribution in [3.05, 3.63) is 112 Å². The number of fused-ring (bicyclic) bond motifs is 1. The number of H-pyrrole nitrogens is 1. The van der Waals surface area contributed by atoms with Gasteiger partial charge in [0.05, 0.1) is 11.3 Å². The van der Waals surface area contributed by atoms with Gasteiger partial charge in [-0.3, -0.25) is 19.0 Å². The van der Waals surface area contributed by atoms with Crippen LogP contribution < -0.4 is 16.2 Å². The van der Waals surface area contributed by atoms with Crippen LogP contribution in [0.2, 0.25) is 0 Å². The molecule has 0 atom stereocenters. The molecule has 1 aliphatic heterocycles. The number of hydrogen-bond acceptors (Lipinski definition) is 3. The Hall–Kier alpha value is -4.65. The second kappa shape index (κ2) is 7.88. The highest BCUT2D eigenvalue weighted by Crippen LogP contribution is 2.35. The highest BCUT2D eigenvalue weighted by Gasteiger charge is 2.25. The lowest BCUT2D eigenvalue weighted by Gasteiger charge is -2.09. The first-order valence-corrected chi connectivity index (χ1v) is 9.99. The Morgan fingerprint density at radius 1 is 0.938 bits per heavy atom. The topological polar surface area (TPSA) is 96.0 Å². The molecular formula is C25H18N4O3. The lowest BCUT2D eigenvalue weighted by molar-refractivity contribution is -0.110. The molecule has 3 heterocycles. The van der Waals surface area contributed by atoms with Crippen molar-refractivity contribution in [2.75, 3.05) is 10.6 Å². The summed E-state index contributed by atoms with van der Waals surface area (Å²) in [6.45, 7) is 0. The quantitative estimate of drug-likeness (QED) is 0.435. The van der Waals surface area contributed by atoms with E-state index in [-0.39, 0.29) is 11.5 Å². The molecule has 2 aromatic carbocycles. The van der Waals surface area contributed by atoms with Crippen LogP contribution in [-0.2, 0) is 4.79 Å². The highest BCUT2D eigenvalue weighted by molar-refractivity contribution is 6.35. The van der Waals surface area contributed by atoms with E-state index < -0.39 is 11.5 Å². The number of anilines is 2. The first-order chi connectivity index (χ1) is 15.6. The van der Waals surface area contributed by atoms with Crippen LogP contribution >= 0.6 is 0 Å². The molecule has 2 aromatic heterocycles. The number of carbonyl (C=O) groups excluding carboxylic acids is 2. The van der Waals surface area contributed by atoms with Crippen molar-refractivity contribution in [2.24, 2.45) is 0 Å². The number of para-hydroxylation sites is 1. The number of amides is 2. The second-order valence-corrected chi connectivity index (χ2v) is 7.28. The van der Waals surface area contributed by atoms with E-state index >= 15 is 0 Å². The molecule has 1 aliphatic rings. The molecule has 7 heteroatoms. The molecule has 156 valence electrons. The zero-order chi connectivity index (χ0) is 22.1. The van der Waals surface area contributed by atoms with Gasteiger partial charge >= 0.3 is 0 Å². The molecule has 0 unspecified atom stereocenters. The first kappa shape index (κ1) is 19.3. The lowest BCUT2D eigenvalue weighted by Crippen LogP contribution is -2.27. The van der Waals surface area contributed by atoms with Crippen molar-refractivity contribution < 1.29 is 9.59 Å². The van der Waals surface area contributed by atoms with Gasteiger partial charge in [0.1, 0.15) is 5.56 Å². The SMILES string of the molecule is O=C1Nc2cc(NC(=O)c3cccn(-c4ccccc4)c3=O)ccc2/C1=C/c1ccc[nH]1. The second-order valence-electron chi connectivity index (χ2n) is 7.28. The number of nitrogens with zero attached hydrogens (tertiary/aromatic N) is 1. The molecular weight excluding hydrogens is 404 g/mol. The van der Waals surface area contributed by atoms with Gasteiger partial charge in [0, 0.05) is 35.0 Å². The number of hydrogen-bond donors (Lipinski definition) is 3. The molecule has 0 spiro atoms. The van der Waals surface area contributed by atoms with Gasteiger partial charge in [0.2, 0.25) is 0 Å². The van der Waals surface area contributed by atoms with Crippen LogP contribution in [0, 0.1) is 0 Å². The maximum Gasteiger partial charge on any atom is 0.267 e. The van der Waals surface area contributed by atoms with Gasteiger partial charge in [-0.2, -0.15) is 0 Å². The van der Waals surface area contributed by atoms with Crippen molar-refractivity contribution >= 4 is 34.8 Å². The van der Waals surface area contributed by atoms with Crippen LogP contribution in [0.4, 0.5) is 11.4 Å². The van der Waals surface area contributed by atoms with E-state index in [9.17, 15) is 14.4 Å². The molecule has 32 heavy (non-hydrogen) atoms. The van der Waals surface area contributed by atoms with Gasteiger partial charge in [0.15, 0.2) is 0 Å². The minimum absolute atomic E-state index is 0.0215. The van der Waals surface area contributed by atoms with Gasteiger partial charge in [-0.25, -0.2) is 0 Å². The van der Waals surface area contributed by atoms with Crippen LogP contribution in [-0.4, -0.2) is 21.4 Å². The van der Waals surface area contributed by atoms with E-state index in [0.717, 1.165) is 11.3 Å². The molecule has 3 N–H and O–H groups in total. The standard InChI is InChI=1S/C25H18N4O3/c30-23(20-9-5-13-29(25(20)32)18-7-2-1-3-8-18)27-17-10-11-19-21(14-16-6-4-12-26-16)24(31)28-22(19)15-17/h1-15,26H,(H,27,30)(H,28,31)/b21-14-. The molecule has 0 bridgehead atoms. The van der Waals surface area contributed by atoms with Gasteiger partial charge in [0.25, 0.3) is 17.4 Å². The summed E-state index contributed by atoms with van der Waals surface area (Å²) in [6, 6.07) is 21.1. The van der Waals surface area contributed by atoms with E-state index in [0.29, 0.717) is 22.6 Å². The van der Waals surface area contributed by atoms with E-state index in [1.165, 1.54) is 10.6 Å². The molecule has 0 saturated heterocycles. The molecule has 2 amide bonds. The number of aromatic amines is 1. The molecule has 4 aromatic rings. The van der Waals surface area contributed by atoms with Crippen LogP contribution in [0.3, 0.4) is 0 Å². The van der Waals surface area contributed by atoms with E-state index in [1.54, 1.807) is 54.9 Å². The van der Waals surface area contributed by atoms with Gasteiger partial charge in [-0.1, -0.05) is 24.3 Å². The van der Waals surface area contributed by atoms with Gasteiger partial charge in [-0.05, 0) is 54.6 Å². The maximum atomic E-state index is 12.9. The molecule has 0 radical (unpaired) electrons. The fourth-order valence-electron chi connectivity index (χ4n) is 3.66. The zero-order valence-corrected chi connectivity index (χ0v) is 16.8. The fraction of sp³-hybridized carbons (Fsp3) is 0. The summed E-state index contributed by atoms with van der Waals surface area (Å²) in [5, 5.41) is 5.57. The third-order valence-corrected chi connectivity index (χ3v) is 5.21. The Kier molecular flexibility index (Phi) is 4.76. The molecule has 7 nitrogen and oxygen atoms in total. The number of carbonyl (C=O) groups is 2. The normalized spacial score (nSPS) is 13.6. The molecule has 5 rings (SSSR count). The average molecular weight is 422 g/mol. The molecule has 0 aliphatic carbocycles. The summed E-state index contributed by atoms with van der Waals surface area (Å²) in [7, 11) is 0. The summed E-state index contributed by atoms with van der Waals surface area (Å²) >= 11 is 0. The third kappa shape index (κ3) is 3.52. The minimum Gasteiger partial charge on any atom is -0.362 e. The number of pyridine rings is 1. The largest absolute Gasteiger partial charge is 0.362 e. The Morgan fingerprint density at radius 3 is 2.56 bits per heavy atom. The van der Waals surface area contributed by atoms with E-state index in [2.05, 4.69) is 15.6 Å². The fourth-order valence-corrected chi connectivity index (χ4v) is 3.66. The number of aromatic nitrogens is 2. The number of benzene rings is 2. The first-order valence-electron chi connectivity index (χ1n) is 9.99. The average Bonchev–Trinajstić information content (AvgIpc) is 3.42. The van der Waals surface area contributed by atoms with Crippen molar-refractivity contribution in [3.8, 4) is 5.69 Å². The summed E-state index contributed by atoms with van der Waals surface area (Å²) in [5.41, 5.74) is 3.45. The zero-order valence-electron chi connectivity index (χ0n) is 16.8. The van der Waals surface area contributed by atoms with Crippen LogP contribution in [0.15, 0.2) is 90.0 Å². The Labute approximate surface area is 183 Å². The van der Waals surface area contributed by atoms with Crippen molar-refractivity contribution in [3.63, 3.8) is 0 Å². The molecule has 0 fully saturated rings. The maximum absolute atomic E-state index is 12.9. The number of rotatable bonds is 4. The van der Waals surface area contributed by atoms with Crippen LogP contribution in [0.25, 0.3) is 17.3 Å². The van der Waals surface area contributed by atoms with Crippen LogP contribution in [0.5, 0.6) is 0 Å². The monoisotopic (exact) mass is 422 g/mol. The van der Waals surface area contributed by atoms with Gasteiger partial charge < -0.3 is 15.6 Å². The van der Waals surface area contributed by atoms with Gasteiger partial charge in [-0.15, -0.1) is 0 Å².